The molecule has 1 unspecified atom stereocenters. The third kappa shape index (κ3) is 4.44. The second kappa shape index (κ2) is 6.99. The van der Waals surface area contributed by atoms with Crippen LogP contribution in [0.3, 0.4) is 0 Å². The molecule has 0 saturated heterocycles. The third-order valence-electron chi connectivity index (χ3n) is 2.60. The minimum absolute atomic E-state index is 0.0541. The first kappa shape index (κ1) is 15.3. The van der Waals surface area contributed by atoms with E-state index in [4.69, 9.17) is 10.5 Å². The van der Waals surface area contributed by atoms with E-state index in [1.165, 1.54) is 0 Å². The van der Waals surface area contributed by atoms with Crippen LogP contribution in [0.25, 0.3) is 0 Å². The van der Waals surface area contributed by atoms with Gasteiger partial charge in [0.15, 0.2) is 5.75 Å². The number of nitrogens with one attached hydrogen (secondary N) is 1. The number of amides is 1. The van der Waals surface area contributed by atoms with E-state index in [-0.39, 0.29) is 11.9 Å². The Labute approximate surface area is 114 Å². The zero-order valence-corrected chi connectivity index (χ0v) is 12.1. The SMILES string of the molecule is CCOc1c(N)cccc1C(=O)NC(C)CN(C)C. The quantitative estimate of drug-likeness (QED) is 0.762. The van der Waals surface area contributed by atoms with Crippen LogP contribution < -0.4 is 15.8 Å². The number of nitrogen functional groups attached to an aromatic ring is 1. The molecule has 1 rings (SSSR count). The second-order valence-electron chi connectivity index (χ2n) is 4.79. The van der Waals surface area contributed by atoms with Crippen LogP contribution >= 0.6 is 0 Å². The van der Waals surface area contributed by atoms with Crippen molar-refractivity contribution in [2.45, 2.75) is 19.9 Å². The molecule has 0 radical (unpaired) electrons. The third-order valence-corrected chi connectivity index (χ3v) is 2.60. The van der Waals surface area contributed by atoms with Crippen molar-refractivity contribution in [1.82, 2.24) is 10.2 Å². The van der Waals surface area contributed by atoms with Crippen molar-refractivity contribution in [1.29, 1.82) is 0 Å². The first-order valence-corrected chi connectivity index (χ1v) is 6.42. The summed E-state index contributed by atoms with van der Waals surface area (Å²) in [5.74, 6) is 0.296. The van der Waals surface area contributed by atoms with E-state index in [1.807, 2.05) is 32.8 Å². The molecule has 1 atom stereocenters. The van der Waals surface area contributed by atoms with Gasteiger partial charge in [0.1, 0.15) is 0 Å². The Morgan fingerprint density at radius 3 is 2.74 bits per heavy atom. The van der Waals surface area contributed by atoms with E-state index < -0.39 is 0 Å². The summed E-state index contributed by atoms with van der Waals surface area (Å²) in [6.07, 6.45) is 0. The first-order valence-electron chi connectivity index (χ1n) is 6.42. The Morgan fingerprint density at radius 1 is 1.47 bits per heavy atom. The summed E-state index contributed by atoms with van der Waals surface area (Å²) in [5.41, 5.74) is 6.80. The second-order valence-corrected chi connectivity index (χ2v) is 4.79. The smallest absolute Gasteiger partial charge is 0.255 e. The fourth-order valence-electron chi connectivity index (χ4n) is 1.93. The van der Waals surface area contributed by atoms with Gasteiger partial charge >= 0.3 is 0 Å². The average molecular weight is 265 g/mol. The molecule has 0 bridgehead atoms. The van der Waals surface area contributed by atoms with Crippen molar-refractivity contribution in [3.05, 3.63) is 23.8 Å². The largest absolute Gasteiger partial charge is 0.491 e. The molecule has 0 fully saturated rings. The lowest BCUT2D eigenvalue weighted by molar-refractivity contribution is 0.0930. The standard InChI is InChI=1S/C14H23N3O2/c1-5-19-13-11(7-6-8-12(13)15)14(18)16-10(2)9-17(3)4/h6-8,10H,5,9,15H2,1-4H3,(H,16,18). The van der Waals surface area contributed by atoms with Gasteiger partial charge in [0.25, 0.3) is 5.91 Å². The molecule has 1 aromatic rings. The molecule has 0 aliphatic carbocycles. The van der Waals surface area contributed by atoms with Crippen LogP contribution in [0, 0.1) is 0 Å². The van der Waals surface area contributed by atoms with Gasteiger partial charge in [0.2, 0.25) is 0 Å². The van der Waals surface area contributed by atoms with Crippen LogP contribution in [-0.4, -0.2) is 44.1 Å². The van der Waals surface area contributed by atoms with E-state index in [9.17, 15) is 4.79 Å². The summed E-state index contributed by atoms with van der Waals surface area (Å²) in [6.45, 7) is 5.08. The maximum absolute atomic E-state index is 12.2. The predicted molar refractivity (Wildman–Crippen MR) is 77.5 cm³/mol. The highest BCUT2D eigenvalue weighted by atomic mass is 16.5. The Kier molecular flexibility index (Phi) is 5.63. The maximum Gasteiger partial charge on any atom is 0.255 e. The zero-order valence-electron chi connectivity index (χ0n) is 12.1. The van der Waals surface area contributed by atoms with Gasteiger partial charge in [0.05, 0.1) is 17.9 Å². The number of carbonyl (C=O) groups is 1. The van der Waals surface area contributed by atoms with Crippen LogP contribution in [0.4, 0.5) is 5.69 Å². The molecular formula is C14H23N3O2. The van der Waals surface area contributed by atoms with E-state index in [0.717, 1.165) is 6.54 Å². The molecule has 0 aliphatic heterocycles. The molecule has 19 heavy (non-hydrogen) atoms. The Morgan fingerprint density at radius 2 is 2.16 bits per heavy atom. The van der Waals surface area contributed by atoms with Crippen molar-refractivity contribution in [2.24, 2.45) is 0 Å². The summed E-state index contributed by atoms with van der Waals surface area (Å²) in [6, 6.07) is 5.26. The predicted octanol–water partition coefficient (Wildman–Crippen LogP) is 1.35. The summed E-state index contributed by atoms with van der Waals surface area (Å²) >= 11 is 0. The molecule has 1 aromatic carbocycles. The van der Waals surface area contributed by atoms with Gasteiger partial charge in [-0.1, -0.05) is 6.07 Å². The number of nitrogens with zero attached hydrogens (tertiary/aromatic N) is 1. The monoisotopic (exact) mass is 265 g/mol. The van der Waals surface area contributed by atoms with Gasteiger partial charge in [-0.15, -0.1) is 0 Å². The van der Waals surface area contributed by atoms with E-state index in [0.29, 0.717) is 23.6 Å². The Hall–Kier alpha value is -1.75. The van der Waals surface area contributed by atoms with Crippen LogP contribution in [-0.2, 0) is 0 Å². The van der Waals surface area contributed by atoms with E-state index in [1.54, 1.807) is 18.2 Å². The number of hydrogen-bond acceptors (Lipinski definition) is 4. The number of para-hydroxylation sites is 1. The van der Waals surface area contributed by atoms with Crippen LogP contribution in [0.2, 0.25) is 0 Å². The highest BCUT2D eigenvalue weighted by Crippen LogP contribution is 2.26. The molecule has 0 aliphatic rings. The maximum atomic E-state index is 12.2. The number of rotatable bonds is 6. The molecule has 0 spiro atoms. The minimum Gasteiger partial charge on any atom is -0.491 e. The Balaban J connectivity index is 2.84. The minimum atomic E-state index is -0.162. The van der Waals surface area contributed by atoms with Gasteiger partial charge in [0, 0.05) is 12.6 Å². The van der Waals surface area contributed by atoms with Crippen LogP contribution in [0.15, 0.2) is 18.2 Å². The average Bonchev–Trinajstić information content (AvgIpc) is 2.30. The van der Waals surface area contributed by atoms with Gasteiger partial charge in [-0.3, -0.25) is 4.79 Å². The van der Waals surface area contributed by atoms with Gasteiger partial charge in [-0.2, -0.15) is 0 Å². The number of ether oxygens (including phenoxy) is 1. The fourth-order valence-corrected chi connectivity index (χ4v) is 1.93. The number of anilines is 1. The number of hydrogen-bond donors (Lipinski definition) is 2. The Bertz CT molecular complexity index is 433. The van der Waals surface area contributed by atoms with Crippen LogP contribution in [0.5, 0.6) is 5.75 Å². The van der Waals surface area contributed by atoms with Crippen molar-refractivity contribution < 1.29 is 9.53 Å². The molecule has 3 N–H and O–H groups in total. The summed E-state index contributed by atoms with van der Waals surface area (Å²) in [5, 5.41) is 2.94. The number of likely N-dealkylation sites (N-methyl/N-ethyl adjacent to an activating group) is 1. The summed E-state index contributed by atoms with van der Waals surface area (Å²) < 4.78 is 5.46. The molecular weight excluding hydrogens is 242 g/mol. The lowest BCUT2D eigenvalue weighted by atomic mass is 10.1. The molecule has 1 amide bonds. The molecule has 0 saturated carbocycles. The number of carbonyl (C=O) groups excluding carboxylic acids is 1. The van der Waals surface area contributed by atoms with Gasteiger partial charge in [-0.25, -0.2) is 0 Å². The summed E-state index contributed by atoms with van der Waals surface area (Å²) in [4.78, 5) is 14.2. The number of nitrogens with two attached hydrogens (primary N) is 1. The molecule has 106 valence electrons. The number of benzene rings is 1. The molecule has 5 nitrogen and oxygen atoms in total. The van der Waals surface area contributed by atoms with Crippen molar-refractivity contribution >= 4 is 11.6 Å². The zero-order chi connectivity index (χ0) is 14.4. The van der Waals surface area contributed by atoms with Crippen molar-refractivity contribution in [2.75, 3.05) is 33.0 Å². The normalized spacial score (nSPS) is 12.3. The fraction of sp³-hybridized carbons (Fsp3) is 0.500. The highest BCUT2D eigenvalue weighted by Gasteiger charge is 2.16. The lowest BCUT2D eigenvalue weighted by Gasteiger charge is -2.19. The first-order chi connectivity index (χ1) is 8.95. The van der Waals surface area contributed by atoms with Crippen LogP contribution in [0.1, 0.15) is 24.2 Å². The molecule has 0 heterocycles. The lowest BCUT2D eigenvalue weighted by Crippen LogP contribution is -2.39. The van der Waals surface area contributed by atoms with E-state index >= 15 is 0 Å². The van der Waals surface area contributed by atoms with Crippen molar-refractivity contribution in [3.63, 3.8) is 0 Å². The molecule has 0 aromatic heterocycles. The van der Waals surface area contributed by atoms with Gasteiger partial charge < -0.3 is 20.7 Å². The highest BCUT2D eigenvalue weighted by molar-refractivity contribution is 5.98. The topological polar surface area (TPSA) is 67.6 Å². The molecule has 5 heteroatoms. The van der Waals surface area contributed by atoms with Crippen molar-refractivity contribution in [3.8, 4) is 5.75 Å². The van der Waals surface area contributed by atoms with E-state index in [2.05, 4.69) is 5.32 Å². The van der Waals surface area contributed by atoms with Gasteiger partial charge in [-0.05, 0) is 40.1 Å². The summed E-state index contributed by atoms with van der Waals surface area (Å²) in [7, 11) is 3.93.